The lowest BCUT2D eigenvalue weighted by Crippen LogP contribution is -2.32. The Labute approximate surface area is 149 Å². The third-order valence-corrected chi connectivity index (χ3v) is 4.44. The van der Waals surface area contributed by atoms with Crippen molar-refractivity contribution in [3.05, 3.63) is 58.2 Å². The number of hydrogen-bond donors (Lipinski definition) is 0. The molecule has 1 aliphatic carbocycles. The minimum absolute atomic E-state index is 0.146. The Kier molecular flexibility index (Phi) is 5.59. The first-order chi connectivity index (χ1) is 12.1. The summed E-state index contributed by atoms with van der Waals surface area (Å²) in [4.78, 5) is 24.7. The van der Waals surface area contributed by atoms with Gasteiger partial charge in [0, 0.05) is 11.5 Å². The zero-order valence-electron chi connectivity index (χ0n) is 14.8. The van der Waals surface area contributed by atoms with Crippen molar-refractivity contribution < 1.29 is 32.2 Å². The number of carbonyl (C=O) groups excluding carboxylic acids is 2. The average molecular weight is 368 g/mol. The molecule has 0 amide bonds. The zero-order valence-corrected chi connectivity index (χ0v) is 14.8. The van der Waals surface area contributed by atoms with Crippen molar-refractivity contribution in [3.63, 3.8) is 0 Å². The van der Waals surface area contributed by atoms with Crippen molar-refractivity contribution in [3.8, 4) is 0 Å². The van der Waals surface area contributed by atoms with Crippen LogP contribution >= 0.6 is 0 Å². The van der Waals surface area contributed by atoms with Gasteiger partial charge in [0.15, 0.2) is 0 Å². The van der Waals surface area contributed by atoms with E-state index in [1.807, 2.05) is 0 Å². The van der Waals surface area contributed by atoms with E-state index in [-0.39, 0.29) is 11.1 Å². The number of hydrogen-bond acceptors (Lipinski definition) is 4. The van der Waals surface area contributed by atoms with E-state index in [1.165, 1.54) is 26.4 Å². The van der Waals surface area contributed by atoms with Crippen LogP contribution in [0.1, 0.15) is 30.9 Å². The smallest absolute Gasteiger partial charge is 0.416 e. The van der Waals surface area contributed by atoms with Crippen LogP contribution in [-0.4, -0.2) is 26.2 Å². The molecule has 0 saturated heterocycles. The number of rotatable bonds is 3. The molecule has 0 spiro atoms. The average Bonchev–Trinajstić information content (AvgIpc) is 2.59. The topological polar surface area (TPSA) is 52.6 Å². The van der Waals surface area contributed by atoms with Crippen LogP contribution in [0.3, 0.4) is 0 Å². The molecule has 0 N–H and O–H groups in total. The van der Waals surface area contributed by atoms with Gasteiger partial charge in [-0.05, 0) is 31.1 Å². The van der Waals surface area contributed by atoms with Crippen molar-refractivity contribution >= 4 is 11.9 Å². The maximum Gasteiger partial charge on any atom is 0.416 e. The molecule has 0 unspecified atom stereocenters. The number of esters is 2. The van der Waals surface area contributed by atoms with Gasteiger partial charge in [0.05, 0.1) is 25.7 Å². The number of halogens is 3. The van der Waals surface area contributed by atoms with Gasteiger partial charge in [0.1, 0.15) is 0 Å². The fourth-order valence-corrected chi connectivity index (χ4v) is 3.30. The Morgan fingerprint density at radius 3 is 2.27 bits per heavy atom. The summed E-state index contributed by atoms with van der Waals surface area (Å²) in [5.74, 6) is -3.17. The maximum atomic E-state index is 13.1. The van der Waals surface area contributed by atoms with Gasteiger partial charge in [-0.1, -0.05) is 29.8 Å². The minimum Gasteiger partial charge on any atom is -0.469 e. The van der Waals surface area contributed by atoms with Gasteiger partial charge in [0.2, 0.25) is 0 Å². The highest BCUT2D eigenvalue weighted by molar-refractivity contribution is 5.94. The first-order valence-corrected chi connectivity index (χ1v) is 7.84. The van der Waals surface area contributed by atoms with E-state index in [0.29, 0.717) is 11.1 Å². The molecule has 1 aromatic carbocycles. The number of allylic oxidation sites excluding steroid dienone is 2. The van der Waals surface area contributed by atoms with E-state index >= 15 is 0 Å². The van der Waals surface area contributed by atoms with Gasteiger partial charge in [-0.15, -0.1) is 0 Å². The fourth-order valence-electron chi connectivity index (χ4n) is 3.30. The first-order valence-electron chi connectivity index (χ1n) is 7.84. The van der Waals surface area contributed by atoms with Crippen LogP contribution in [0.5, 0.6) is 0 Å². The van der Waals surface area contributed by atoms with Crippen LogP contribution in [-0.2, 0) is 25.2 Å². The summed E-state index contributed by atoms with van der Waals surface area (Å²) < 4.78 is 49.0. The van der Waals surface area contributed by atoms with Crippen molar-refractivity contribution in [2.24, 2.45) is 5.92 Å². The molecule has 0 heterocycles. The van der Waals surface area contributed by atoms with E-state index < -0.39 is 35.5 Å². The lowest BCUT2D eigenvalue weighted by Gasteiger charge is -2.32. The second-order valence-corrected chi connectivity index (χ2v) is 6.08. The molecule has 0 saturated carbocycles. The monoisotopic (exact) mass is 368 g/mol. The molecule has 0 fully saturated rings. The molecule has 4 nitrogen and oxygen atoms in total. The van der Waals surface area contributed by atoms with Crippen molar-refractivity contribution in [2.75, 3.05) is 14.2 Å². The molecule has 7 heteroatoms. The van der Waals surface area contributed by atoms with Crippen molar-refractivity contribution in [2.45, 2.75) is 25.9 Å². The van der Waals surface area contributed by atoms with Gasteiger partial charge < -0.3 is 9.47 Å². The van der Waals surface area contributed by atoms with Crippen LogP contribution in [0.15, 0.2) is 47.1 Å². The summed E-state index contributed by atoms with van der Waals surface area (Å²) >= 11 is 0. The molecule has 0 radical (unpaired) electrons. The summed E-state index contributed by atoms with van der Waals surface area (Å²) in [6.07, 6.45) is -2.89. The SMILES string of the molecule is COC(=O)C1=C(C)C=C(C)[C@@H](C(=O)OC)[C@@H]1c1cccc(C(F)(F)F)c1. The van der Waals surface area contributed by atoms with E-state index in [4.69, 9.17) is 9.47 Å². The van der Waals surface area contributed by atoms with E-state index in [0.717, 1.165) is 12.1 Å². The summed E-state index contributed by atoms with van der Waals surface area (Å²) in [6, 6.07) is 4.61. The highest BCUT2D eigenvalue weighted by Gasteiger charge is 2.41. The molecule has 1 aromatic rings. The maximum absolute atomic E-state index is 13.1. The van der Waals surface area contributed by atoms with Gasteiger partial charge in [0.25, 0.3) is 0 Å². The largest absolute Gasteiger partial charge is 0.469 e. The predicted molar refractivity (Wildman–Crippen MR) is 88.2 cm³/mol. The summed E-state index contributed by atoms with van der Waals surface area (Å²) in [5.41, 5.74) is 0.629. The molecule has 2 atom stereocenters. The molecule has 140 valence electrons. The summed E-state index contributed by atoms with van der Waals surface area (Å²) in [7, 11) is 2.38. The van der Waals surface area contributed by atoms with Gasteiger partial charge >= 0.3 is 18.1 Å². The van der Waals surface area contributed by atoms with E-state index in [2.05, 4.69) is 0 Å². The Hall–Kier alpha value is -2.57. The second-order valence-electron chi connectivity index (χ2n) is 6.08. The number of methoxy groups -OCH3 is 2. The Bertz CT molecular complexity index is 790. The van der Waals surface area contributed by atoms with Crippen LogP contribution in [0, 0.1) is 5.92 Å². The van der Waals surface area contributed by atoms with Crippen LogP contribution in [0.4, 0.5) is 13.2 Å². The molecule has 26 heavy (non-hydrogen) atoms. The zero-order chi connectivity index (χ0) is 19.6. The number of alkyl halides is 3. The highest BCUT2D eigenvalue weighted by Crippen LogP contribution is 2.44. The first kappa shape index (κ1) is 19.8. The molecule has 1 aliphatic rings. The normalized spacial score (nSPS) is 20.5. The van der Waals surface area contributed by atoms with Crippen LogP contribution < -0.4 is 0 Å². The van der Waals surface area contributed by atoms with Crippen molar-refractivity contribution in [1.82, 2.24) is 0 Å². The molecule has 0 bridgehead atoms. The van der Waals surface area contributed by atoms with E-state index in [9.17, 15) is 22.8 Å². The molecule has 0 aliphatic heterocycles. The lowest BCUT2D eigenvalue weighted by atomic mass is 9.71. The van der Waals surface area contributed by atoms with Gasteiger partial charge in [-0.2, -0.15) is 13.2 Å². The third kappa shape index (κ3) is 3.66. The predicted octanol–water partition coefficient (Wildman–Crippen LogP) is 4.03. The number of benzene rings is 1. The third-order valence-electron chi connectivity index (χ3n) is 4.44. The fraction of sp³-hybridized carbons (Fsp3) is 0.368. The van der Waals surface area contributed by atoms with Gasteiger partial charge in [-0.25, -0.2) is 4.79 Å². The van der Waals surface area contributed by atoms with Crippen LogP contribution in [0.2, 0.25) is 0 Å². The molecular formula is C19H19F3O4. The minimum atomic E-state index is -4.54. The quantitative estimate of drug-likeness (QED) is 0.756. The lowest BCUT2D eigenvalue weighted by molar-refractivity contribution is -0.145. The molecular weight excluding hydrogens is 349 g/mol. The Morgan fingerprint density at radius 1 is 1.08 bits per heavy atom. The van der Waals surface area contributed by atoms with Crippen molar-refractivity contribution in [1.29, 1.82) is 0 Å². The summed E-state index contributed by atoms with van der Waals surface area (Å²) in [5, 5.41) is 0. The van der Waals surface area contributed by atoms with Gasteiger partial charge in [-0.3, -0.25) is 4.79 Å². The number of ether oxygens (including phenoxy) is 2. The molecule has 2 rings (SSSR count). The van der Waals surface area contributed by atoms with E-state index in [1.54, 1.807) is 19.9 Å². The number of carbonyl (C=O) groups is 2. The Morgan fingerprint density at radius 2 is 1.73 bits per heavy atom. The van der Waals surface area contributed by atoms with Crippen LogP contribution in [0.25, 0.3) is 0 Å². The standard InChI is InChI=1S/C19H19F3O4/c1-10-8-11(2)15(18(24)26-4)16(14(10)17(23)25-3)12-6-5-7-13(9-12)19(20,21)22/h5-9,14,16H,1-4H3/t14-,16+/m1/s1. The Balaban J connectivity index is 2.71. The molecule has 0 aromatic heterocycles. The highest BCUT2D eigenvalue weighted by atomic mass is 19.4. The summed E-state index contributed by atoms with van der Waals surface area (Å²) in [6.45, 7) is 3.34. The second kappa shape index (κ2) is 7.35.